The van der Waals surface area contributed by atoms with Crippen molar-refractivity contribution in [2.45, 2.75) is 18.1 Å². The maximum absolute atomic E-state index is 12.6. The fraction of sp³-hybridized carbons (Fsp3) is 0.278. The lowest BCUT2D eigenvalue weighted by Gasteiger charge is -2.29. The number of likely N-dealkylation sites (tertiary alicyclic amines) is 1. The standard InChI is InChI=1S/C18H19N3O2/c1-21-17(11-7-3-2-4-8-11)14-15(19-20-16(14)18(21)23)12-9-5-6-10-13(12)22/h2-10,14-17,19-20,22H,1H3. The van der Waals surface area contributed by atoms with Crippen molar-refractivity contribution in [3.8, 4) is 5.75 Å². The van der Waals surface area contributed by atoms with Crippen LogP contribution < -0.4 is 10.9 Å². The van der Waals surface area contributed by atoms with E-state index < -0.39 is 0 Å². The Morgan fingerprint density at radius 3 is 2.35 bits per heavy atom. The monoisotopic (exact) mass is 309 g/mol. The van der Waals surface area contributed by atoms with Crippen LogP contribution in [-0.2, 0) is 4.79 Å². The summed E-state index contributed by atoms with van der Waals surface area (Å²) >= 11 is 0. The van der Waals surface area contributed by atoms with Crippen molar-refractivity contribution in [1.82, 2.24) is 15.8 Å². The van der Waals surface area contributed by atoms with E-state index in [0.717, 1.165) is 11.1 Å². The third-order valence-corrected chi connectivity index (χ3v) is 4.97. The first-order chi connectivity index (χ1) is 11.2. The molecule has 0 aliphatic carbocycles. The van der Waals surface area contributed by atoms with Gasteiger partial charge < -0.3 is 10.0 Å². The predicted octanol–water partition coefficient (Wildman–Crippen LogP) is 1.74. The molecule has 2 aromatic carbocycles. The maximum Gasteiger partial charge on any atom is 0.241 e. The summed E-state index contributed by atoms with van der Waals surface area (Å²) in [6, 6.07) is 16.9. The first-order valence-electron chi connectivity index (χ1n) is 7.79. The van der Waals surface area contributed by atoms with Crippen LogP contribution in [0.1, 0.15) is 23.2 Å². The zero-order chi connectivity index (χ0) is 16.0. The number of rotatable bonds is 2. The zero-order valence-corrected chi connectivity index (χ0v) is 12.8. The second kappa shape index (κ2) is 5.37. The summed E-state index contributed by atoms with van der Waals surface area (Å²) in [7, 11) is 1.85. The van der Waals surface area contributed by atoms with Gasteiger partial charge in [-0.25, -0.2) is 10.9 Å². The molecule has 0 bridgehead atoms. The van der Waals surface area contributed by atoms with E-state index >= 15 is 0 Å². The number of benzene rings is 2. The number of phenolic OH excluding ortho intramolecular Hbond substituents is 1. The smallest absolute Gasteiger partial charge is 0.241 e. The van der Waals surface area contributed by atoms with E-state index in [1.807, 2.05) is 42.3 Å². The topological polar surface area (TPSA) is 64.6 Å². The fourth-order valence-corrected chi connectivity index (χ4v) is 3.90. The van der Waals surface area contributed by atoms with E-state index in [4.69, 9.17) is 0 Å². The molecule has 3 N–H and O–H groups in total. The van der Waals surface area contributed by atoms with Gasteiger partial charge in [-0.1, -0.05) is 48.5 Å². The molecule has 118 valence electrons. The Kier molecular flexibility index (Phi) is 3.32. The summed E-state index contributed by atoms with van der Waals surface area (Å²) in [5.74, 6) is 0.346. The van der Waals surface area contributed by atoms with Crippen LogP contribution in [0.25, 0.3) is 0 Å². The van der Waals surface area contributed by atoms with Crippen molar-refractivity contribution in [3.63, 3.8) is 0 Å². The van der Waals surface area contributed by atoms with Crippen LogP contribution in [0, 0.1) is 5.92 Å². The molecule has 0 saturated carbocycles. The molecule has 4 atom stereocenters. The second-order valence-corrected chi connectivity index (χ2v) is 6.18. The molecule has 0 radical (unpaired) electrons. The van der Waals surface area contributed by atoms with E-state index in [1.165, 1.54) is 0 Å². The molecule has 0 aromatic heterocycles. The first kappa shape index (κ1) is 14.2. The number of nitrogens with zero attached hydrogens (tertiary/aromatic N) is 1. The highest BCUT2D eigenvalue weighted by atomic mass is 16.3. The number of carbonyl (C=O) groups is 1. The minimum absolute atomic E-state index is 0.0169. The van der Waals surface area contributed by atoms with Gasteiger partial charge in [0.15, 0.2) is 0 Å². The Balaban J connectivity index is 1.78. The summed E-state index contributed by atoms with van der Waals surface area (Å²) in [6.07, 6.45) is 0. The molecule has 5 nitrogen and oxygen atoms in total. The Hall–Kier alpha value is -2.37. The van der Waals surface area contributed by atoms with E-state index in [9.17, 15) is 9.90 Å². The molecular weight excluding hydrogens is 290 g/mol. The predicted molar refractivity (Wildman–Crippen MR) is 86.4 cm³/mol. The lowest BCUT2D eigenvalue weighted by atomic mass is 9.83. The van der Waals surface area contributed by atoms with Crippen LogP contribution in [0.3, 0.4) is 0 Å². The van der Waals surface area contributed by atoms with Crippen LogP contribution in [0.5, 0.6) is 5.75 Å². The molecule has 4 unspecified atom stereocenters. The van der Waals surface area contributed by atoms with E-state index in [-0.39, 0.29) is 35.7 Å². The van der Waals surface area contributed by atoms with Crippen LogP contribution in [-0.4, -0.2) is 29.0 Å². The Morgan fingerprint density at radius 2 is 1.61 bits per heavy atom. The molecule has 2 aliphatic heterocycles. The van der Waals surface area contributed by atoms with Crippen molar-refractivity contribution in [2.24, 2.45) is 5.92 Å². The number of phenols is 1. The van der Waals surface area contributed by atoms with Gasteiger partial charge in [-0.05, 0) is 11.6 Å². The van der Waals surface area contributed by atoms with E-state index in [1.54, 1.807) is 12.1 Å². The number of aromatic hydroxyl groups is 1. The average molecular weight is 309 g/mol. The van der Waals surface area contributed by atoms with E-state index in [2.05, 4.69) is 23.0 Å². The highest BCUT2D eigenvalue weighted by Crippen LogP contribution is 2.47. The number of amides is 1. The largest absolute Gasteiger partial charge is 0.508 e. The van der Waals surface area contributed by atoms with Gasteiger partial charge in [0, 0.05) is 18.5 Å². The molecule has 2 aromatic rings. The maximum atomic E-state index is 12.6. The average Bonchev–Trinajstić information content (AvgIpc) is 3.09. The Bertz CT molecular complexity index is 734. The number of carbonyl (C=O) groups excluding carboxylic acids is 1. The molecule has 2 aliphatic rings. The number of nitrogens with one attached hydrogen (secondary N) is 2. The van der Waals surface area contributed by atoms with E-state index in [0.29, 0.717) is 0 Å². The first-order valence-corrected chi connectivity index (χ1v) is 7.79. The van der Waals surface area contributed by atoms with Gasteiger partial charge in [0.1, 0.15) is 11.8 Å². The molecule has 1 amide bonds. The fourth-order valence-electron chi connectivity index (χ4n) is 3.90. The van der Waals surface area contributed by atoms with Gasteiger partial charge >= 0.3 is 0 Å². The van der Waals surface area contributed by atoms with Crippen molar-refractivity contribution in [2.75, 3.05) is 7.05 Å². The quantitative estimate of drug-likeness (QED) is 0.791. The molecule has 5 heteroatoms. The molecule has 2 heterocycles. The summed E-state index contributed by atoms with van der Waals surface area (Å²) in [4.78, 5) is 14.4. The molecule has 0 spiro atoms. The lowest BCUT2D eigenvalue weighted by Crippen LogP contribution is -2.39. The van der Waals surface area contributed by atoms with Crippen LogP contribution >= 0.6 is 0 Å². The normalized spacial score (nSPS) is 29.8. The van der Waals surface area contributed by atoms with Gasteiger partial charge in [-0.3, -0.25) is 4.79 Å². The van der Waals surface area contributed by atoms with Crippen molar-refractivity contribution < 1.29 is 9.90 Å². The highest BCUT2D eigenvalue weighted by Gasteiger charge is 2.54. The lowest BCUT2D eigenvalue weighted by molar-refractivity contribution is -0.129. The molecule has 4 rings (SSSR count). The van der Waals surface area contributed by atoms with Gasteiger partial charge in [-0.2, -0.15) is 0 Å². The van der Waals surface area contributed by atoms with Gasteiger partial charge in [0.2, 0.25) is 5.91 Å². The van der Waals surface area contributed by atoms with Crippen LogP contribution in [0.15, 0.2) is 54.6 Å². The molecule has 23 heavy (non-hydrogen) atoms. The summed E-state index contributed by atoms with van der Waals surface area (Å²) in [5, 5.41) is 10.2. The van der Waals surface area contributed by atoms with Crippen molar-refractivity contribution in [3.05, 3.63) is 65.7 Å². The number of hydrazine groups is 1. The third kappa shape index (κ3) is 2.12. The zero-order valence-electron chi connectivity index (χ0n) is 12.8. The van der Waals surface area contributed by atoms with Crippen LogP contribution in [0.4, 0.5) is 0 Å². The minimum atomic E-state index is -0.283. The number of fused-ring (bicyclic) bond motifs is 1. The number of hydrogen-bond acceptors (Lipinski definition) is 4. The highest BCUT2D eigenvalue weighted by molar-refractivity contribution is 5.86. The third-order valence-electron chi connectivity index (χ3n) is 4.97. The Morgan fingerprint density at radius 1 is 0.957 bits per heavy atom. The van der Waals surface area contributed by atoms with Crippen molar-refractivity contribution in [1.29, 1.82) is 0 Å². The summed E-state index contributed by atoms with van der Waals surface area (Å²) in [5.41, 5.74) is 8.26. The SMILES string of the molecule is CN1C(=O)C2NNC(c3ccccc3O)C2C1c1ccccc1. The number of para-hydroxylation sites is 1. The molecule has 2 saturated heterocycles. The van der Waals surface area contributed by atoms with Crippen molar-refractivity contribution >= 4 is 5.91 Å². The second-order valence-electron chi connectivity index (χ2n) is 6.18. The Labute approximate surface area is 134 Å². The minimum Gasteiger partial charge on any atom is -0.508 e. The van der Waals surface area contributed by atoms with Gasteiger partial charge in [0.05, 0.1) is 12.1 Å². The van der Waals surface area contributed by atoms with Gasteiger partial charge in [-0.15, -0.1) is 0 Å². The molecule has 2 fully saturated rings. The summed E-state index contributed by atoms with van der Waals surface area (Å²) in [6.45, 7) is 0. The summed E-state index contributed by atoms with van der Waals surface area (Å²) < 4.78 is 0. The van der Waals surface area contributed by atoms with Crippen LogP contribution in [0.2, 0.25) is 0 Å². The molecular formula is C18H19N3O2. The van der Waals surface area contributed by atoms with Gasteiger partial charge in [0.25, 0.3) is 0 Å². The number of hydrogen-bond donors (Lipinski definition) is 3. The number of likely N-dealkylation sites (N-methyl/N-ethyl adjacent to an activating group) is 1.